The summed E-state index contributed by atoms with van der Waals surface area (Å²) in [6.07, 6.45) is 1.33. The Labute approximate surface area is 208 Å². The highest BCUT2D eigenvalue weighted by molar-refractivity contribution is 6.17. The van der Waals surface area contributed by atoms with Crippen molar-refractivity contribution in [3.63, 3.8) is 0 Å². The molecule has 0 atom stereocenters. The molecule has 2 heterocycles. The van der Waals surface area contributed by atoms with E-state index in [0.717, 1.165) is 16.5 Å². The number of urea groups is 1. The van der Waals surface area contributed by atoms with Crippen LogP contribution in [0.2, 0.25) is 0 Å². The maximum absolute atomic E-state index is 13.4. The van der Waals surface area contributed by atoms with E-state index in [0.29, 0.717) is 11.4 Å². The van der Waals surface area contributed by atoms with Crippen molar-refractivity contribution in [1.82, 2.24) is 15.2 Å². The fraction of sp³-hybridized carbons (Fsp3) is 0.296. The number of amides is 3. The van der Waals surface area contributed by atoms with Crippen molar-refractivity contribution in [2.45, 2.75) is 39.2 Å². The Hall–Kier alpha value is -4.14. The van der Waals surface area contributed by atoms with Crippen molar-refractivity contribution < 1.29 is 23.9 Å². The first-order chi connectivity index (χ1) is 16.9. The van der Waals surface area contributed by atoms with Gasteiger partial charge in [-0.05, 0) is 61.9 Å². The van der Waals surface area contributed by atoms with Crippen LogP contribution in [-0.4, -0.2) is 52.5 Å². The van der Waals surface area contributed by atoms with Crippen LogP contribution in [-0.2, 0) is 10.2 Å². The number of benzene rings is 2. The third kappa shape index (κ3) is 4.56. The fourth-order valence-electron chi connectivity index (χ4n) is 4.58. The standard InChI is InChI=1S/C27H29FN4O4/c1-15(2)29-26(36)31(5)18-10-11-21-19(12-18)22-23(30-21)20(25(34)35)13-32(14-27(22,3)4)24(33)16-6-8-17(28)9-7-16/h6-13,15,30H,14H2,1-5H3,(H,29,36)(H,34,35). The van der Waals surface area contributed by atoms with Crippen LogP contribution in [0.25, 0.3) is 16.5 Å². The van der Waals surface area contributed by atoms with Crippen molar-refractivity contribution in [2.24, 2.45) is 0 Å². The minimum Gasteiger partial charge on any atom is -0.478 e. The number of H-pyrrole nitrogens is 1. The molecule has 0 saturated heterocycles. The number of carbonyl (C=O) groups is 3. The van der Waals surface area contributed by atoms with E-state index in [1.165, 1.54) is 40.3 Å². The van der Waals surface area contributed by atoms with Gasteiger partial charge in [-0.15, -0.1) is 0 Å². The van der Waals surface area contributed by atoms with Gasteiger partial charge in [-0.25, -0.2) is 14.0 Å². The van der Waals surface area contributed by atoms with Crippen LogP contribution in [0.1, 0.15) is 49.3 Å². The van der Waals surface area contributed by atoms with E-state index in [1.54, 1.807) is 13.1 Å². The summed E-state index contributed by atoms with van der Waals surface area (Å²) in [4.78, 5) is 44.3. The minimum absolute atomic E-state index is 0.0287. The third-order valence-electron chi connectivity index (χ3n) is 6.27. The topological polar surface area (TPSA) is 106 Å². The Morgan fingerprint density at radius 2 is 1.81 bits per heavy atom. The van der Waals surface area contributed by atoms with Gasteiger partial charge in [0, 0.05) is 53.4 Å². The predicted octanol–water partition coefficient (Wildman–Crippen LogP) is 4.72. The smallest absolute Gasteiger partial charge is 0.339 e. The number of aliphatic carboxylic acids is 1. The zero-order valence-corrected chi connectivity index (χ0v) is 20.8. The molecular weight excluding hydrogens is 463 g/mol. The lowest BCUT2D eigenvalue weighted by molar-refractivity contribution is -0.130. The number of hydrogen-bond acceptors (Lipinski definition) is 3. The number of nitrogens with one attached hydrogen (secondary N) is 2. The number of carboxylic acids is 1. The number of carbonyl (C=O) groups excluding carboxylic acids is 2. The van der Waals surface area contributed by atoms with Gasteiger partial charge < -0.3 is 20.3 Å². The molecule has 0 bridgehead atoms. The Morgan fingerprint density at radius 3 is 2.42 bits per heavy atom. The Bertz CT molecular complexity index is 1390. The molecular formula is C27H29FN4O4. The molecule has 1 aromatic heterocycles. The number of hydrogen-bond donors (Lipinski definition) is 3. The summed E-state index contributed by atoms with van der Waals surface area (Å²) < 4.78 is 13.4. The third-order valence-corrected chi connectivity index (χ3v) is 6.27. The molecule has 4 rings (SSSR count). The van der Waals surface area contributed by atoms with Gasteiger partial charge in [0.2, 0.25) is 0 Å². The average molecular weight is 493 g/mol. The summed E-state index contributed by atoms with van der Waals surface area (Å²) in [5, 5.41) is 13.7. The van der Waals surface area contributed by atoms with Crippen LogP contribution in [0.4, 0.5) is 14.9 Å². The number of halogens is 1. The summed E-state index contributed by atoms with van der Waals surface area (Å²) in [5.41, 5.74) is 2.03. The molecule has 0 saturated carbocycles. The number of anilines is 1. The lowest BCUT2D eigenvalue weighted by atomic mass is 9.81. The Kier molecular flexibility index (Phi) is 6.34. The summed E-state index contributed by atoms with van der Waals surface area (Å²) in [6, 6.07) is 10.3. The maximum Gasteiger partial charge on any atom is 0.339 e. The van der Waals surface area contributed by atoms with Gasteiger partial charge >= 0.3 is 12.0 Å². The first-order valence-electron chi connectivity index (χ1n) is 11.6. The van der Waals surface area contributed by atoms with Crippen LogP contribution < -0.4 is 10.2 Å². The van der Waals surface area contributed by atoms with Crippen molar-refractivity contribution in [3.8, 4) is 0 Å². The SMILES string of the molecule is CC(C)NC(=O)N(C)c1ccc2[nH]c3c(c2c1)C(C)(C)CN(C(=O)c1ccc(F)cc1)C=C3C(=O)O. The van der Waals surface area contributed by atoms with E-state index in [-0.39, 0.29) is 29.8 Å². The van der Waals surface area contributed by atoms with Crippen molar-refractivity contribution in [2.75, 3.05) is 18.5 Å². The number of nitrogens with zero attached hydrogens (tertiary/aromatic N) is 2. The second-order valence-corrected chi connectivity index (χ2v) is 9.94. The van der Waals surface area contributed by atoms with Crippen LogP contribution >= 0.6 is 0 Å². The highest BCUT2D eigenvalue weighted by atomic mass is 19.1. The van der Waals surface area contributed by atoms with Gasteiger partial charge in [0.15, 0.2) is 0 Å². The molecule has 0 spiro atoms. The fourth-order valence-corrected chi connectivity index (χ4v) is 4.58. The molecule has 8 nitrogen and oxygen atoms in total. The van der Waals surface area contributed by atoms with E-state index < -0.39 is 23.1 Å². The molecule has 0 aliphatic carbocycles. The number of aromatic nitrogens is 1. The normalized spacial score (nSPS) is 14.8. The molecule has 0 radical (unpaired) electrons. The zero-order valence-electron chi connectivity index (χ0n) is 20.8. The molecule has 9 heteroatoms. The summed E-state index contributed by atoms with van der Waals surface area (Å²) in [6.45, 7) is 7.81. The summed E-state index contributed by atoms with van der Waals surface area (Å²) in [5.74, 6) is -2.08. The van der Waals surface area contributed by atoms with E-state index in [2.05, 4.69) is 10.3 Å². The van der Waals surface area contributed by atoms with E-state index in [9.17, 15) is 23.9 Å². The second-order valence-electron chi connectivity index (χ2n) is 9.94. The monoisotopic (exact) mass is 492 g/mol. The highest BCUT2D eigenvalue weighted by Crippen LogP contribution is 2.41. The molecule has 0 fully saturated rings. The second kappa shape index (κ2) is 9.14. The van der Waals surface area contributed by atoms with Crippen LogP contribution in [0.15, 0.2) is 48.7 Å². The van der Waals surface area contributed by atoms with E-state index in [4.69, 9.17) is 0 Å². The molecule has 36 heavy (non-hydrogen) atoms. The average Bonchev–Trinajstić information content (AvgIpc) is 3.14. The van der Waals surface area contributed by atoms with Gasteiger partial charge in [-0.2, -0.15) is 0 Å². The Morgan fingerprint density at radius 1 is 1.14 bits per heavy atom. The quantitative estimate of drug-likeness (QED) is 0.490. The molecule has 0 unspecified atom stereocenters. The Balaban J connectivity index is 1.82. The molecule has 1 aliphatic rings. The van der Waals surface area contributed by atoms with Crippen molar-refractivity contribution in [1.29, 1.82) is 0 Å². The van der Waals surface area contributed by atoms with Crippen molar-refractivity contribution in [3.05, 3.63) is 71.3 Å². The number of fused-ring (bicyclic) bond motifs is 3. The molecule has 3 N–H and O–H groups in total. The molecule has 188 valence electrons. The van der Waals surface area contributed by atoms with Gasteiger partial charge in [-0.1, -0.05) is 13.8 Å². The van der Waals surface area contributed by atoms with Crippen LogP contribution in [0, 0.1) is 5.82 Å². The largest absolute Gasteiger partial charge is 0.478 e. The van der Waals surface area contributed by atoms with Gasteiger partial charge in [0.05, 0.1) is 11.3 Å². The first kappa shape index (κ1) is 25.0. The zero-order chi connectivity index (χ0) is 26.4. The summed E-state index contributed by atoms with van der Waals surface area (Å²) in [7, 11) is 1.67. The predicted molar refractivity (Wildman–Crippen MR) is 136 cm³/mol. The van der Waals surface area contributed by atoms with E-state index in [1.807, 2.05) is 39.8 Å². The minimum atomic E-state index is -1.19. The molecule has 1 aliphatic heterocycles. The lowest BCUT2D eigenvalue weighted by Crippen LogP contribution is -2.40. The van der Waals surface area contributed by atoms with Crippen molar-refractivity contribution >= 4 is 40.1 Å². The van der Waals surface area contributed by atoms with Gasteiger partial charge in [-0.3, -0.25) is 9.69 Å². The highest BCUT2D eigenvalue weighted by Gasteiger charge is 2.37. The lowest BCUT2D eigenvalue weighted by Gasteiger charge is -2.30. The maximum atomic E-state index is 13.4. The van der Waals surface area contributed by atoms with Crippen LogP contribution in [0.5, 0.6) is 0 Å². The number of aromatic amines is 1. The summed E-state index contributed by atoms with van der Waals surface area (Å²) >= 11 is 0. The first-order valence-corrected chi connectivity index (χ1v) is 11.6. The van der Waals surface area contributed by atoms with Gasteiger partial charge in [0.1, 0.15) is 5.82 Å². The van der Waals surface area contributed by atoms with Crippen LogP contribution in [0.3, 0.4) is 0 Å². The van der Waals surface area contributed by atoms with E-state index >= 15 is 0 Å². The van der Waals surface area contributed by atoms with Gasteiger partial charge in [0.25, 0.3) is 5.91 Å². The number of carboxylic acid groups (broad SMARTS) is 1. The molecule has 3 aromatic rings. The number of rotatable bonds is 4. The molecule has 2 aromatic carbocycles. The molecule has 3 amide bonds.